The molecule has 20 heavy (non-hydrogen) atoms. The fraction of sp³-hybridized carbons (Fsp3) is 0.917. The lowest BCUT2D eigenvalue weighted by Gasteiger charge is -2.18. The first kappa shape index (κ1) is 19.6. The van der Waals surface area contributed by atoms with E-state index >= 15 is 0 Å². The van der Waals surface area contributed by atoms with Crippen LogP contribution in [0.1, 0.15) is 12.8 Å². The summed E-state index contributed by atoms with van der Waals surface area (Å²) >= 11 is 4.03. The lowest BCUT2D eigenvalue weighted by Crippen LogP contribution is -2.37. The van der Waals surface area contributed by atoms with Gasteiger partial charge in [-0.05, 0) is 32.5 Å². The maximum absolute atomic E-state index is 11.5. The van der Waals surface area contributed by atoms with Crippen molar-refractivity contribution in [2.45, 2.75) is 18.9 Å². The molecule has 0 heterocycles. The van der Waals surface area contributed by atoms with E-state index in [4.69, 9.17) is 16.2 Å². The number of nitrogens with two attached hydrogens (primary N) is 2. The van der Waals surface area contributed by atoms with Gasteiger partial charge in [0.05, 0.1) is 6.10 Å². The van der Waals surface area contributed by atoms with Gasteiger partial charge >= 0.3 is 0 Å². The molecule has 7 nitrogen and oxygen atoms in total. The molecule has 0 aliphatic heterocycles. The predicted molar refractivity (Wildman–Crippen MR) is 84.8 cm³/mol. The first-order valence-electron chi connectivity index (χ1n) is 7.05. The van der Waals surface area contributed by atoms with Gasteiger partial charge in [0, 0.05) is 25.5 Å². The average Bonchev–Trinajstić information content (AvgIpc) is 2.46. The minimum Gasteiger partial charge on any atom is -0.367 e. The highest BCUT2D eigenvalue weighted by Gasteiger charge is 2.11. The van der Waals surface area contributed by atoms with E-state index in [1.54, 1.807) is 0 Å². The van der Waals surface area contributed by atoms with E-state index in [1.807, 2.05) is 0 Å². The lowest BCUT2D eigenvalue weighted by molar-refractivity contribution is -0.127. The molecular weight excluding hydrogens is 278 g/mol. The summed E-state index contributed by atoms with van der Waals surface area (Å²) in [6, 6.07) is 0. The third kappa shape index (κ3) is 12.6. The molecule has 0 aromatic rings. The molecule has 8 heteroatoms. The first-order chi connectivity index (χ1) is 9.74. The molecule has 0 saturated heterocycles. The van der Waals surface area contributed by atoms with Crippen LogP contribution in [-0.2, 0) is 9.53 Å². The number of hydrogen-bond donors (Lipinski definition) is 6. The maximum Gasteiger partial charge on any atom is 0.246 e. The number of ether oxygens (including phenoxy) is 1. The smallest absolute Gasteiger partial charge is 0.246 e. The van der Waals surface area contributed by atoms with Crippen molar-refractivity contribution < 1.29 is 9.53 Å². The summed E-state index contributed by atoms with van der Waals surface area (Å²) in [7, 11) is 0. The van der Waals surface area contributed by atoms with Gasteiger partial charge in [-0.3, -0.25) is 4.79 Å². The average molecular weight is 307 g/mol. The van der Waals surface area contributed by atoms with Crippen LogP contribution in [-0.4, -0.2) is 63.8 Å². The van der Waals surface area contributed by atoms with Crippen molar-refractivity contribution in [2.75, 3.05) is 51.8 Å². The molecule has 0 rings (SSSR count). The molecule has 120 valence electrons. The topological polar surface area (TPSA) is 114 Å². The molecule has 0 bridgehead atoms. The van der Waals surface area contributed by atoms with Crippen molar-refractivity contribution in [1.82, 2.24) is 16.0 Å². The van der Waals surface area contributed by atoms with Crippen molar-refractivity contribution in [3.05, 3.63) is 0 Å². The van der Waals surface area contributed by atoms with Gasteiger partial charge in [0.25, 0.3) is 0 Å². The predicted octanol–water partition coefficient (Wildman–Crippen LogP) is -1.75. The summed E-state index contributed by atoms with van der Waals surface area (Å²) in [5.41, 5.74) is 10.8. The van der Waals surface area contributed by atoms with Gasteiger partial charge in [0.2, 0.25) is 5.91 Å². The van der Waals surface area contributed by atoms with Gasteiger partial charge in [-0.2, -0.15) is 12.6 Å². The van der Waals surface area contributed by atoms with Crippen LogP contribution in [0.3, 0.4) is 0 Å². The molecule has 0 radical (unpaired) electrons. The number of nitrogens with one attached hydrogen (secondary N) is 3. The molecule has 7 N–H and O–H groups in total. The van der Waals surface area contributed by atoms with Crippen LogP contribution < -0.4 is 27.4 Å². The molecule has 0 fully saturated rings. The Morgan fingerprint density at radius 1 is 1.20 bits per heavy atom. The van der Waals surface area contributed by atoms with E-state index in [-0.39, 0.29) is 18.6 Å². The second-order valence-corrected chi connectivity index (χ2v) is 4.79. The normalized spacial score (nSPS) is 12.3. The van der Waals surface area contributed by atoms with Crippen LogP contribution in [0.2, 0.25) is 0 Å². The van der Waals surface area contributed by atoms with Crippen LogP contribution in [0.4, 0.5) is 0 Å². The van der Waals surface area contributed by atoms with Crippen LogP contribution in [0.15, 0.2) is 0 Å². The summed E-state index contributed by atoms with van der Waals surface area (Å²) in [6.07, 6.45) is 1.71. The molecule has 0 aromatic heterocycles. The zero-order valence-electron chi connectivity index (χ0n) is 12.1. The molecule has 1 unspecified atom stereocenters. The van der Waals surface area contributed by atoms with Gasteiger partial charge < -0.3 is 32.2 Å². The number of hydrogen-bond acceptors (Lipinski definition) is 7. The van der Waals surface area contributed by atoms with E-state index in [2.05, 4.69) is 28.6 Å². The van der Waals surface area contributed by atoms with Crippen molar-refractivity contribution in [2.24, 2.45) is 11.5 Å². The van der Waals surface area contributed by atoms with E-state index in [0.29, 0.717) is 32.1 Å². The van der Waals surface area contributed by atoms with Crippen molar-refractivity contribution in [3.63, 3.8) is 0 Å². The maximum atomic E-state index is 11.5. The number of carbonyl (C=O) groups is 1. The first-order valence-corrected chi connectivity index (χ1v) is 7.68. The van der Waals surface area contributed by atoms with Crippen LogP contribution in [0, 0.1) is 0 Å². The largest absolute Gasteiger partial charge is 0.367 e. The standard InChI is InChI=1S/C12H29N5O2S/c13-3-1-4-15-8-11(2-5-16-10-14)19-9-12(18)17-6-7-20/h11,15-16,20H,1-10,13-14H2,(H,17,18). The lowest BCUT2D eigenvalue weighted by atomic mass is 10.2. The molecule has 0 spiro atoms. The molecule has 0 aliphatic carbocycles. The molecule has 0 saturated carbocycles. The molecule has 1 atom stereocenters. The Kier molecular flexibility index (Phi) is 14.7. The van der Waals surface area contributed by atoms with Crippen LogP contribution >= 0.6 is 12.6 Å². The van der Waals surface area contributed by atoms with E-state index < -0.39 is 0 Å². The minimum absolute atomic E-state index is 0.0198. The summed E-state index contributed by atoms with van der Waals surface area (Å²) in [5.74, 6) is 0.508. The van der Waals surface area contributed by atoms with Gasteiger partial charge in [-0.15, -0.1) is 0 Å². The summed E-state index contributed by atoms with van der Waals surface area (Å²) in [6.45, 7) is 4.05. The Hall–Kier alpha value is -0.380. The Balaban J connectivity index is 3.86. The van der Waals surface area contributed by atoms with Gasteiger partial charge in [-0.25, -0.2) is 0 Å². The van der Waals surface area contributed by atoms with Gasteiger partial charge in [0.1, 0.15) is 6.61 Å². The van der Waals surface area contributed by atoms with Gasteiger partial charge in [-0.1, -0.05) is 0 Å². The number of rotatable bonds is 14. The highest BCUT2D eigenvalue weighted by Crippen LogP contribution is 1.97. The summed E-state index contributed by atoms with van der Waals surface area (Å²) in [4.78, 5) is 11.5. The Morgan fingerprint density at radius 3 is 2.65 bits per heavy atom. The Labute approximate surface area is 127 Å². The molecule has 0 aliphatic rings. The summed E-state index contributed by atoms with van der Waals surface area (Å²) in [5, 5.41) is 9.03. The molecule has 1 amide bonds. The van der Waals surface area contributed by atoms with Gasteiger partial charge in [0.15, 0.2) is 0 Å². The van der Waals surface area contributed by atoms with Crippen molar-refractivity contribution in [1.29, 1.82) is 0 Å². The highest BCUT2D eigenvalue weighted by atomic mass is 32.1. The fourth-order valence-electron chi connectivity index (χ4n) is 1.54. The van der Waals surface area contributed by atoms with Crippen LogP contribution in [0.25, 0.3) is 0 Å². The zero-order valence-corrected chi connectivity index (χ0v) is 13.0. The zero-order chi connectivity index (χ0) is 15.1. The summed E-state index contributed by atoms with van der Waals surface area (Å²) < 4.78 is 5.62. The molecule has 0 aromatic carbocycles. The van der Waals surface area contributed by atoms with E-state index in [1.165, 1.54) is 0 Å². The second kappa shape index (κ2) is 15.0. The third-order valence-corrected chi connectivity index (χ3v) is 2.82. The number of thiol groups is 1. The minimum atomic E-state index is -0.113. The van der Waals surface area contributed by atoms with Crippen molar-refractivity contribution in [3.8, 4) is 0 Å². The fourth-order valence-corrected chi connectivity index (χ4v) is 1.65. The van der Waals surface area contributed by atoms with Crippen molar-refractivity contribution >= 4 is 18.5 Å². The third-order valence-electron chi connectivity index (χ3n) is 2.60. The Bertz CT molecular complexity index is 234. The number of amides is 1. The SMILES string of the molecule is NCCCNCC(CCNCN)OCC(=O)NCCS. The van der Waals surface area contributed by atoms with E-state index in [0.717, 1.165) is 25.9 Å². The second-order valence-electron chi connectivity index (χ2n) is 4.35. The highest BCUT2D eigenvalue weighted by molar-refractivity contribution is 7.80. The Morgan fingerprint density at radius 2 is 2.00 bits per heavy atom. The van der Waals surface area contributed by atoms with E-state index in [9.17, 15) is 4.79 Å². The number of carbonyl (C=O) groups excluding carboxylic acids is 1. The van der Waals surface area contributed by atoms with Crippen LogP contribution in [0.5, 0.6) is 0 Å². The molecular formula is C12H29N5O2S. The monoisotopic (exact) mass is 307 g/mol. The quantitative estimate of drug-likeness (QED) is 0.129.